The number of quaternary nitrogens is 1. The first-order valence-electron chi connectivity index (χ1n) is 17.5. The van der Waals surface area contributed by atoms with Crippen molar-refractivity contribution >= 4 is 8.80 Å². The van der Waals surface area contributed by atoms with Gasteiger partial charge in [-0.3, -0.25) is 0 Å². The molecule has 0 aliphatic rings. The van der Waals surface area contributed by atoms with E-state index in [1.54, 1.807) is 21.3 Å². The van der Waals surface area contributed by atoms with Gasteiger partial charge in [0.2, 0.25) is 0 Å². The Labute approximate surface area is 260 Å². The van der Waals surface area contributed by atoms with Crippen LogP contribution in [0, 0.1) is 0 Å². The Kier molecular flexibility index (Phi) is 32.7. The van der Waals surface area contributed by atoms with Gasteiger partial charge in [0.15, 0.2) is 0 Å². The van der Waals surface area contributed by atoms with Crippen molar-refractivity contribution in [2.24, 2.45) is 0 Å². The summed E-state index contributed by atoms with van der Waals surface area (Å²) in [6.45, 7) is 8.57. The molecule has 0 aromatic rings. The molecule has 0 radical (unpaired) electrons. The first kappa shape index (κ1) is 42.5. The van der Waals surface area contributed by atoms with Crippen molar-refractivity contribution in [2.75, 3.05) is 48.0 Å². The average Bonchev–Trinajstić information content (AvgIpc) is 2.95. The lowest BCUT2D eigenvalue weighted by atomic mass is 10.0. The van der Waals surface area contributed by atoms with Crippen LogP contribution in [0.3, 0.4) is 0 Å². The topological polar surface area (TPSA) is 27.7 Å². The number of hydrogen-bond donors (Lipinski definition) is 0. The summed E-state index contributed by atoms with van der Waals surface area (Å²) >= 11 is 0. The summed E-state index contributed by atoms with van der Waals surface area (Å²) in [6, 6.07) is 0.924. The normalized spacial score (nSPS) is 12.2. The lowest BCUT2D eigenvalue weighted by molar-refractivity contribution is -0.910. The maximum atomic E-state index is 5.65. The lowest BCUT2D eigenvalue weighted by Crippen LogP contribution is -3.00. The van der Waals surface area contributed by atoms with Gasteiger partial charge in [-0.05, 0) is 38.5 Å². The first-order chi connectivity index (χ1) is 19.0. The van der Waals surface area contributed by atoms with Crippen LogP contribution in [0.4, 0.5) is 0 Å². The summed E-state index contributed by atoms with van der Waals surface area (Å²) in [6.07, 6.45) is 33.7. The van der Waals surface area contributed by atoms with Crippen LogP contribution >= 0.6 is 0 Å². The van der Waals surface area contributed by atoms with Crippen LogP contribution in [0.2, 0.25) is 6.04 Å². The fourth-order valence-corrected chi connectivity index (χ4v) is 7.84. The van der Waals surface area contributed by atoms with Gasteiger partial charge >= 0.3 is 8.80 Å². The predicted molar refractivity (Wildman–Crippen MR) is 175 cm³/mol. The Morgan fingerprint density at radius 3 is 0.925 bits per heavy atom. The molecule has 4 nitrogen and oxygen atoms in total. The van der Waals surface area contributed by atoms with Crippen LogP contribution in [0.25, 0.3) is 0 Å². The second kappa shape index (κ2) is 30.8. The van der Waals surface area contributed by atoms with Gasteiger partial charge in [-0.25, -0.2) is 0 Å². The Morgan fingerprint density at radius 2 is 0.650 bits per heavy atom. The molecule has 0 atom stereocenters. The zero-order valence-electron chi connectivity index (χ0n) is 28.3. The highest BCUT2D eigenvalue weighted by molar-refractivity contribution is 6.60. The van der Waals surface area contributed by atoms with Crippen molar-refractivity contribution in [3.05, 3.63) is 0 Å². The molecule has 0 heterocycles. The second-order valence-corrected chi connectivity index (χ2v) is 15.7. The van der Waals surface area contributed by atoms with E-state index >= 15 is 0 Å². The number of nitrogens with zero attached hydrogens (tertiary/aromatic N) is 1. The third-order valence-corrected chi connectivity index (χ3v) is 11.8. The predicted octanol–water partition coefficient (Wildman–Crippen LogP) is 7.72. The Balaban J connectivity index is 0. The van der Waals surface area contributed by atoms with Crippen molar-refractivity contribution in [3.8, 4) is 0 Å². The molecule has 40 heavy (non-hydrogen) atoms. The fourth-order valence-electron chi connectivity index (χ4n) is 6.04. The summed E-state index contributed by atoms with van der Waals surface area (Å²) < 4.78 is 18.2. The highest BCUT2D eigenvalue weighted by Gasteiger charge is 2.37. The molecule has 0 aromatic carbocycles. The monoisotopic (exact) mass is 608 g/mol. The summed E-state index contributed by atoms with van der Waals surface area (Å²) in [4.78, 5) is 0. The third-order valence-electron chi connectivity index (χ3n) is 8.97. The van der Waals surface area contributed by atoms with E-state index in [1.165, 1.54) is 172 Å². The Morgan fingerprint density at radius 1 is 0.400 bits per heavy atom. The molecule has 0 saturated carbocycles. The van der Waals surface area contributed by atoms with Gasteiger partial charge in [-0.2, -0.15) is 0 Å². The molecule has 0 N–H and O–H groups in total. The van der Waals surface area contributed by atoms with Crippen LogP contribution in [0.5, 0.6) is 0 Å². The van der Waals surface area contributed by atoms with Crippen molar-refractivity contribution in [3.63, 3.8) is 0 Å². The quantitative estimate of drug-likeness (QED) is 0.0445. The van der Waals surface area contributed by atoms with Crippen LogP contribution in [-0.4, -0.2) is 61.3 Å². The Hall–Kier alpha value is 0.347. The summed E-state index contributed by atoms with van der Waals surface area (Å²) in [5, 5.41) is 0. The number of rotatable bonds is 32. The molecular weight excluding hydrogens is 534 g/mol. The van der Waals surface area contributed by atoms with Crippen LogP contribution in [0.1, 0.15) is 168 Å². The van der Waals surface area contributed by atoms with Crippen molar-refractivity contribution in [2.45, 2.75) is 174 Å². The van der Waals surface area contributed by atoms with Gasteiger partial charge in [0, 0.05) is 27.4 Å². The van der Waals surface area contributed by atoms with Crippen LogP contribution < -0.4 is 12.4 Å². The molecule has 0 amide bonds. The molecule has 0 saturated heterocycles. The minimum atomic E-state index is -2.43. The highest BCUT2D eigenvalue weighted by Crippen LogP contribution is 2.20. The van der Waals surface area contributed by atoms with Gasteiger partial charge in [0.1, 0.15) is 0 Å². The molecule has 6 heteroatoms. The largest absolute Gasteiger partial charge is 1.00 e. The average molecular weight is 609 g/mol. The highest BCUT2D eigenvalue weighted by atomic mass is 35.5. The summed E-state index contributed by atoms with van der Waals surface area (Å²) in [5.74, 6) is 0. The smallest absolute Gasteiger partial charge is 0.500 e. The molecule has 0 aromatic heterocycles. The minimum Gasteiger partial charge on any atom is -1.00 e. The number of unbranched alkanes of at least 4 members (excludes halogenated alkanes) is 21. The molecule has 0 unspecified atom stereocenters. The van der Waals surface area contributed by atoms with E-state index in [4.69, 9.17) is 13.3 Å². The summed E-state index contributed by atoms with van der Waals surface area (Å²) in [7, 11) is 5.30. The van der Waals surface area contributed by atoms with Crippen LogP contribution in [-0.2, 0) is 13.3 Å². The first-order valence-corrected chi connectivity index (χ1v) is 19.4. The van der Waals surface area contributed by atoms with E-state index in [1.807, 2.05) is 0 Å². The summed E-state index contributed by atoms with van der Waals surface area (Å²) in [5.41, 5.74) is 0. The van der Waals surface area contributed by atoms with Gasteiger partial charge < -0.3 is 30.2 Å². The van der Waals surface area contributed by atoms with E-state index in [2.05, 4.69) is 20.9 Å². The van der Waals surface area contributed by atoms with Crippen LogP contribution in [0.15, 0.2) is 0 Å². The van der Waals surface area contributed by atoms with E-state index in [0.717, 1.165) is 12.5 Å². The maximum Gasteiger partial charge on any atom is 0.500 e. The molecule has 0 spiro atoms. The van der Waals surface area contributed by atoms with Gasteiger partial charge in [-0.1, -0.05) is 129 Å². The Bertz CT molecular complexity index is 460. The van der Waals surface area contributed by atoms with Gasteiger partial charge in [0.05, 0.1) is 26.7 Å². The van der Waals surface area contributed by atoms with Gasteiger partial charge in [0.25, 0.3) is 0 Å². The minimum absolute atomic E-state index is 0. The third kappa shape index (κ3) is 24.9. The number of hydrogen-bond acceptors (Lipinski definition) is 3. The second-order valence-electron chi connectivity index (χ2n) is 12.6. The van der Waals surface area contributed by atoms with Crippen molar-refractivity contribution in [1.29, 1.82) is 0 Å². The zero-order valence-corrected chi connectivity index (χ0v) is 30.1. The molecular formula is C34H74ClNO3Si. The molecule has 0 aliphatic heterocycles. The molecule has 0 fully saturated rings. The lowest BCUT2D eigenvalue weighted by Gasteiger charge is -2.35. The fraction of sp³-hybridized carbons (Fsp3) is 1.00. The van der Waals surface area contributed by atoms with Crippen molar-refractivity contribution < 1.29 is 30.2 Å². The molecule has 0 rings (SSSR count). The maximum absolute atomic E-state index is 5.65. The molecule has 244 valence electrons. The SMILES string of the molecule is CCCCCCCCCCCCC[N+](C)(CCCCCCCCCCCCC)CCCC[Si](OC)(OC)OC.[Cl-]. The van der Waals surface area contributed by atoms with Gasteiger partial charge in [-0.15, -0.1) is 0 Å². The van der Waals surface area contributed by atoms with Crippen molar-refractivity contribution in [1.82, 2.24) is 0 Å². The van der Waals surface area contributed by atoms with E-state index in [9.17, 15) is 0 Å². The molecule has 0 aliphatic carbocycles. The van der Waals surface area contributed by atoms with E-state index < -0.39 is 8.80 Å². The zero-order chi connectivity index (χ0) is 28.9. The standard InChI is InChI=1S/C34H74NO3Si.ClH/c1-7-9-11-13-15-17-19-21-23-25-27-31-35(3,33-29-30-34-39(36-4,37-5)38-6)32-28-26-24-22-20-18-16-14-12-10-8-2;/h7-34H2,1-6H3;1H/q+1;/p-1. The van der Waals surface area contributed by atoms with E-state index in [0.29, 0.717) is 0 Å². The van der Waals surface area contributed by atoms with E-state index in [-0.39, 0.29) is 12.4 Å². The molecule has 0 bridgehead atoms. The number of halogens is 1.